The predicted octanol–water partition coefficient (Wildman–Crippen LogP) is 3.33. The average Bonchev–Trinajstić information content (AvgIpc) is 3.17. The molecule has 1 aliphatic rings. The monoisotopic (exact) mass is 580 g/mol. The van der Waals surface area contributed by atoms with Crippen LogP contribution in [0.4, 0.5) is 5.69 Å². The number of carbonyl (C=O) groups excluding carboxylic acids is 1. The van der Waals surface area contributed by atoms with E-state index in [1.165, 1.54) is 28.0 Å². The van der Waals surface area contributed by atoms with E-state index in [0.29, 0.717) is 31.3 Å². The summed E-state index contributed by atoms with van der Waals surface area (Å²) in [7, 11) is -8.15. The van der Waals surface area contributed by atoms with Crippen LogP contribution in [0.15, 0.2) is 46.3 Å². The van der Waals surface area contributed by atoms with Crippen molar-refractivity contribution in [1.82, 2.24) is 4.72 Å². The van der Waals surface area contributed by atoms with E-state index in [9.17, 15) is 26.2 Å². The van der Waals surface area contributed by atoms with Crippen molar-refractivity contribution in [3.8, 4) is 0 Å². The maximum Gasteiger partial charge on any atom is 0.299 e. The highest BCUT2D eigenvalue weighted by molar-refractivity contribution is 8.04. The number of nitrogens with zero attached hydrogens (tertiary/aromatic N) is 2. The molecule has 0 spiro atoms. The molecule has 0 atom stereocenters. The minimum atomic E-state index is -4.39. The lowest BCUT2D eigenvalue weighted by Gasteiger charge is -2.18. The van der Waals surface area contributed by atoms with Gasteiger partial charge in [0.2, 0.25) is 22.1 Å². The molecule has 15 heteroatoms. The van der Waals surface area contributed by atoms with Gasteiger partial charge in [-0.3, -0.25) is 9.35 Å². The van der Waals surface area contributed by atoms with E-state index < -0.39 is 31.9 Å². The summed E-state index contributed by atoms with van der Waals surface area (Å²) in [5.74, 6) is -1.46. The third-order valence-corrected chi connectivity index (χ3v) is 8.40. The molecule has 1 aromatic heterocycles. The lowest BCUT2D eigenvalue weighted by Crippen LogP contribution is -2.45. The highest BCUT2D eigenvalue weighted by Crippen LogP contribution is 2.48. The molecule has 2 heterocycles. The van der Waals surface area contributed by atoms with Crippen molar-refractivity contribution < 1.29 is 30.7 Å². The van der Waals surface area contributed by atoms with Crippen molar-refractivity contribution in [2.75, 3.05) is 17.0 Å². The molecular formula is C19H16Cl2N3O6S4+. The maximum atomic E-state index is 12.4. The number of anilines is 1. The fourth-order valence-corrected chi connectivity index (χ4v) is 7.04. The van der Waals surface area contributed by atoms with Crippen LogP contribution in [0.3, 0.4) is 0 Å². The number of halogens is 2. The molecule has 34 heavy (non-hydrogen) atoms. The first-order valence-corrected chi connectivity index (χ1v) is 15.2. The van der Waals surface area contributed by atoms with E-state index in [4.69, 9.17) is 23.2 Å². The normalized spacial score (nSPS) is 15.2. The van der Waals surface area contributed by atoms with Crippen LogP contribution in [0.5, 0.6) is 0 Å². The molecule has 0 fully saturated rings. The number of sulfonamides is 1. The fourth-order valence-electron chi connectivity index (χ4n) is 3.31. The molecule has 180 valence electrons. The third kappa shape index (κ3) is 5.85. The summed E-state index contributed by atoms with van der Waals surface area (Å²) in [5, 5.41) is 1.81. The minimum absolute atomic E-state index is 0.325. The van der Waals surface area contributed by atoms with Crippen molar-refractivity contribution >= 4 is 94.3 Å². The molecule has 2 aromatic carbocycles. The Labute approximate surface area is 213 Å². The zero-order valence-electron chi connectivity index (χ0n) is 17.2. The van der Waals surface area contributed by atoms with Gasteiger partial charge >= 0.3 is 0 Å². The van der Waals surface area contributed by atoms with Crippen LogP contribution in [0.25, 0.3) is 16.3 Å². The van der Waals surface area contributed by atoms with Gasteiger partial charge in [-0.25, -0.2) is 13.1 Å². The van der Waals surface area contributed by atoms with Crippen LogP contribution in [0, 0.1) is 0 Å². The van der Waals surface area contributed by atoms with Crippen molar-refractivity contribution in [3.05, 3.63) is 56.5 Å². The van der Waals surface area contributed by atoms with Crippen LogP contribution < -0.4 is 14.2 Å². The number of carbonyl (C=O) groups is 1. The molecule has 3 aromatic rings. The Kier molecular flexibility index (Phi) is 6.90. The van der Waals surface area contributed by atoms with Gasteiger partial charge in [0, 0.05) is 21.0 Å². The molecular weight excluding hydrogens is 565 g/mol. The summed E-state index contributed by atoms with van der Waals surface area (Å²) in [6, 6.07) is 10.1. The number of amides is 1. The summed E-state index contributed by atoms with van der Waals surface area (Å²) in [6.45, 7) is -0.325. The number of fused-ring (bicyclic) bond motifs is 2. The van der Waals surface area contributed by atoms with Gasteiger partial charge < -0.3 is 4.90 Å². The number of hydrogen-bond acceptors (Lipinski definition) is 8. The van der Waals surface area contributed by atoms with E-state index in [1.807, 2.05) is 4.72 Å². The molecule has 1 aliphatic heterocycles. The molecule has 9 nitrogen and oxygen atoms in total. The van der Waals surface area contributed by atoms with E-state index in [0.717, 1.165) is 15.9 Å². The Balaban J connectivity index is 1.84. The number of nitrogens with one attached hydrogen (secondary N) is 1. The molecule has 0 saturated carbocycles. The smallest absolute Gasteiger partial charge is 0.299 e. The quantitative estimate of drug-likeness (QED) is 0.336. The Hall–Kier alpha value is -1.87. The Morgan fingerprint density at radius 3 is 2.50 bits per heavy atom. The van der Waals surface area contributed by atoms with Crippen LogP contribution in [0.2, 0.25) is 10.0 Å². The second-order valence-electron chi connectivity index (χ2n) is 7.27. The summed E-state index contributed by atoms with van der Waals surface area (Å²) < 4.78 is 60.3. The molecule has 0 unspecified atom stereocenters. The third-order valence-electron chi connectivity index (χ3n) is 4.52. The van der Waals surface area contributed by atoms with Crippen LogP contribution in [-0.2, 0) is 31.5 Å². The number of thioether (sulfide) groups is 1. The summed E-state index contributed by atoms with van der Waals surface area (Å²) >= 11 is 14.8. The van der Waals surface area contributed by atoms with E-state index in [-0.39, 0.29) is 6.54 Å². The van der Waals surface area contributed by atoms with Gasteiger partial charge in [-0.2, -0.15) is 13.0 Å². The number of aromatic nitrogens is 1. The van der Waals surface area contributed by atoms with Gasteiger partial charge in [0.25, 0.3) is 21.0 Å². The lowest BCUT2D eigenvalue weighted by atomic mass is 10.3. The highest BCUT2D eigenvalue weighted by atomic mass is 35.5. The highest BCUT2D eigenvalue weighted by Gasteiger charge is 2.31. The van der Waals surface area contributed by atoms with E-state index >= 15 is 0 Å². The SMILES string of the molecule is CS(=O)(=O)NC(=O)C[n+]1c(C=C2Sc3ccc(Cl)cc3N2CS(=O)(=O)O)sc2ccc(Cl)cc21. The zero-order valence-corrected chi connectivity index (χ0v) is 22.0. The van der Waals surface area contributed by atoms with E-state index in [1.54, 1.807) is 47.0 Å². The zero-order chi connectivity index (χ0) is 24.8. The van der Waals surface area contributed by atoms with Crippen molar-refractivity contribution in [2.45, 2.75) is 11.4 Å². The minimum Gasteiger partial charge on any atom is -0.317 e. The van der Waals surface area contributed by atoms with Crippen molar-refractivity contribution in [1.29, 1.82) is 0 Å². The first kappa shape index (κ1) is 25.2. The molecule has 0 bridgehead atoms. The van der Waals surface area contributed by atoms with E-state index in [2.05, 4.69) is 0 Å². The topological polar surface area (TPSA) is 125 Å². The van der Waals surface area contributed by atoms with Gasteiger partial charge in [0.05, 0.1) is 23.0 Å². The number of benzene rings is 2. The predicted molar refractivity (Wildman–Crippen MR) is 134 cm³/mol. The lowest BCUT2D eigenvalue weighted by molar-refractivity contribution is -0.655. The first-order chi connectivity index (χ1) is 15.8. The van der Waals surface area contributed by atoms with Gasteiger partial charge in [-0.05, 0) is 30.3 Å². The van der Waals surface area contributed by atoms with Crippen molar-refractivity contribution in [2.24, 2.45) is 0 Å². The Bertz CT molecular complexity index is 1570. The largest absolute Gasteiger partial charge is 0.317 e. The molecule has 1 amide bonds. The second-order valence-corrected chi connectivity index (χ2v) is 13.4. The standard InChI is InChI=1S/C19H15Cl2N3O6S4/c1-33(26,27)22-17(25)9-23-13-6-11(20)2-4-15(13)31-18(23)8-19-24(10-34(28,29)30)14-7-12(21)3-5-16(14)32-19/h2-8H,9-10H2,1H3,(H-,22,25,28,29,30)/p+1. The van der Waals surface area contributed by atoms with Crippen LogP contribution in [-0.4, -0.2) is 39.4 Å². The average molecular weight is 582 g/mol. The van der Waals surface area contributed by atoms with Gasteiger partial charge in [0.15, 0.2) is 5.88 Å². The summed E-state index contributed by atoms with van der Waals surface area (Å²) in [4.78, 5) is 14.5. The second kappa shape index (κ2) is 9.30. The number of hydrogen-bond donors (Lipinski definition) is 2. The number of rotatable bonds is 6. The fraction of sp³-hybridized carbons (Fsp3) is 0.158. The Morgan fingerprint density at radius 2 is 1.82 bits per heavy atom. The summed E-state index contributed by atoms with van der Waals surface area (Å²) in [6.07, 6.45) is 2.54. The van der Waals surface area contributed by atoms with Crippen LogP contribution >= 0.6 is 46.3 Å². The van der Waals surface area contributed by atoms with Gasteiger partial charge in [0.1, 0.15) is 4.70 Å². The molecule has 0 saturated heterocycles. The first-order valence-electron chi connectivity index (χ1n) is 9.33. The summed E-state index contributed by atoms with van der Waals surface area (Å²) in [5.41, 5.74) is 1.10. The van der Waals surface area contributed by atoms with Crippen molar-refractivity contribution in [3.63, 3.8) is 0 Å². The number of thiazole rings is 1. The molecule has 2 N–H and O–H groups in total. The van der Waals surface area contributed by atoms with Crippen LogP contribution in [0.1, 0.15) is 5.01 Å². The molecule has 0 radical (unpaired) electrons. The Morgan fingerprint density at radius 1 is 1.15 bits per heavy atom. The van der Waals surface area contributed by atoms with Gasteiger partial charge in [-0.15, -0.1) is 0 Å². The van der Waals surface area contributed by atoms with Gasteiger partial charge in [-0.1, -0.05) is 46.3 Å². The maximum absolute atomic E-state index is 12.4. The molecule has 4 rings (SSSR count). The molecule has 0 aliphatic carbocycles.